The standard InChI is InChI=1S/C19H22BrN5O4S/c1-19(9-26)8-25-17(29-19)14(7-22-25)30(21,28)24-18(27)23-16-12-4-2-3-10(12)15(20)11-5-6-13(11)16/h7,26H,2-6,8-9H2,1H3,(H3,21,23,24,27,28)/t19-,30?/m0/s1. The van der Waals surface area contributed by atoms with Crippen LogP contribution in [0.5, 0.6) is 5.88 Å². The molecule has 2 heterocycles. The van der Waals surface area contributed by atoms with Gasteiger partial charge in [0.05, 0.1) is 19.3 Å². The van der Waals surface area contributed by atoms with Crippen molar-refractivity contribution in [3.05, 3.63) is 32.9 Å². The van der Waals surface area contributed by atoms with Crippen molar-refractivity contribution in [2.75, 3.05) is 11.9 Å². The van der Waals surface area contributed by atoms with Gasteiger partial charge in [0.15, 0.2) is 15.5 Å². The van der Waals surface area contributed by atoms with Gasteiger partial charge in [0, 0.05) is 10.2 Å². The van der Waals surface area contributed by atoms with Crippen LogP contribution in [0.15, 0.2) is 19.9 Å². The molecule has 1 aromatic carbocycles. The number of hydrogen-bond acceptors (Lipinski definition) is 5. The Morgan fingerprint density at radius 2 is 2.03 bits per heavy atom. The molecule has 0 spiro atoms. The first kappa shape index (κ1) is 20.0. The Bertz CT molecular complexity index is 1220. The maximum atomic E-state index is 13.1. The first-order valence-electron chi connectivity index (χ1n) is 9.79. The van der Waals surface area contributed by atoms with E-state index >= 15 is 0 Å². The molecule has 2 aromatic rings. The molecule has 3 aliphatic rings. The van der Waals surface area contributed by atoms with E-state index < -0.39 is 21.5 Å². The number of nitrogens with one attached hydrogen (secondary N) is 1. The van der Waals surface area contributed by atoms with Gasteiger partial charge >= 0.3 is 6.03 Å². The lowest BCUT2D eigenvalue weighted by atomic mass is 9.83. The number of nitrogens with two attached hydrogens (primary N) is 1. The van der Waals surface area contributed by atoms with Crippen molar-refractivity contribution in [2.45, 2.75) is 56.1 Å². The van der Waals surface area contributed by atoms with E-state index in [1.165, 1.54) is 22.0 Å². The summed E-state index contributed by atoms with van der Waals surface area (Å²) in [5.41, 5.74) is 4.62. The van der Waals surface area contributed by atoms with E-state index in [2.05, 4.69) is 30.7 Å². The van der Waals surface area contributed by atoms with Crippen molar-refractivity contribution in [3.8, 4) is 5.88 Å². The maximum absolute atomic E-state index is 13.1. The van der Waals surface area contributed by atoms with Crippen LogP contribution in [0.25, 0.3) is 0 Å². The van der Waals surface area contributed by atoms with Crippen LogP contribution in [-0.4, -0.2) is 37.3 Å². The monoisotopic (exact) mass is 495 g/mol. The van der Waals surface area contributed by atoms with Crippen molar-refractivity contribution in [1.29, 1.82) is 0 Å². The van der Waals surface area contributed by atoms with Crippen LogP contribution in [0.3, 0.4) is 0 Å². The zero-order valence-corrected chi connectivity index (χ0v) is 18.8. The number of rotatable bonds is 3. The quantitative estimate of drug-likeness (QED) is 0.600. The molecular weight excluding hydrogens is 474 g/mol. The number of amides is 2. The minimum absolute atomic E-state index is 0.0452. The predicted octanol–water partition coefficient (Wildman–Crippen LogP) is 2.31. The first-order chi connectivity index (χ1) is 14.2. The molecule has 11 heteroatoms. The van der Waals surface area contributed by atoms with Gasteiger partial charge in [-0.25, -0.2) is 18.8 Å². The van der Waals surface area contributed by atoms with Gasteiger partial charge in [-0.15, -0.1) is 4.36 Å². The van der Waals surface area contributed by atoms with E-state index in [-0.39, 0.29) is 23.9 Å². The third-order valence-electron chi connectivity index (χ3n) is 6.03. The van der Waals surface area contributed by atoms with Gasteiger partial charge in [-0.1, -0.05) is 15.9 Å². The van der Waals surface area contributed by atoms with Gasteiger partial charge in [-0.3, -0.25) is 0 Å². The normalized spacial score (nSPS) is 22.9. The minimum Gasteiger partial charge on any atom is -0.466 e. The fourth-order valence-corrected chi connectivity index (χ4v) is 6.27. The van der Waals surface area contributed by atoms with Crippen LogP contribution in [0, 0.1) is 0 Å². The number of aliphatic hydroxyl groups is 1. The number of benzene rings is 1. The average Bonchev–Trinajstić information content (AvgIpc) is 3.32. The second-order valence-corrected chi connectivity index (χ2v) is 10.8. The fraction of sp³-hybridized carbons (Fsp3) is 0.474. The zero-order valence-electron chi connectivity index (χ0n) is 16.4. The third kappa shape index (κ3) is 2.98. The van der Waals surface area contributed by atoms with Crippen molar-refractivity contribution in [2.24, 2.45) is 9.50 Å². The molecule has 5 rings (SSSR count). The van der Waals surface area contributed by atoms with Crippen molar-refractivity contribution < 1.29 is 18.8 Å². The summed E-state index contributed by atoms with van der Waals surface area (Å²) in [4.78, 5) is 12.8. The Hall–Kier alpha value is -1.95. The van der Waals surface area contributed by atoms with Crippen LogP contribution in [-0.2, 0) is 42.1 Å². The molecule has 0 saturated carbocycles. The minimum atomic E-state index is -3.58. The molecule has 1 aliphatic heterocycles. The molecule has 2 atom stereocenters. The maximum Gasteiger partial charge on any atom is 0.354 e. The molecule has 1 aromatic heterocycles. The van der Waals surface area contributed by atoms with Gasteiger partial charge in [0.1, 0.15) is 4.90 Å². The molecule has 0 bridgehead atoms. The van der Waals surface area contributed by atoms with E-state index in [1.807, 2.05) is 0 Å². The van der Waals surface area contributed by atoms with E-state index in [0.717, 1.165) is 53.4 Å². The number of urea groups is 1. The Balaban J connectivity index is 1.47. The SMILES string of the molecule is C[C@@]1(CO)Cn2ncc(S(N)(=O)=NC(=O)Nc3c4c(c(Br)c5c3CC5)CCC4)c2O1. The number of aromatic nitrogens is 2. The fourth-order valence-electron chi connectivity index (χ4n) is 4.41. The highest BCUT2D eigenvalue weighted by atomic mass is 79.9. The van der Waals surface area contributed by atoms with Crippen molar-refractivity contribution in [3.63, 3.8) is 0 Å². The van der Waals surface area contributed by atoms with E-state index in [9.17, 15) is 14.1 Å². The molecule has 160 valence electrons. The highest BCUT2D eigenvalue weighted by Crippen LogP contribution is 2.45. The third-order valence-corrected chi connectivity index (χ3v) is 8.33. The van der Waals surface area contributed by atoms with Gasteiger partial charge < -0.3 is 15.2 Å². The van der Waals surface area contributed by atoms with Gasteiger partial charge in [0.2, 0.25) is 5.88 Å². The predicted molar refractivity (Wildman–Crippen MR) is 114 cm³/mol. The number of carbonyl (C=O) groups excluding carboxylic acids is 1. The summed E-state index contributed by atoms with van der Waals surface area (Å²) in [5, 5.41) is 22.4. The Kier molecular flexibility index (Phi) is 4.51. The lowest BCUT2D eigenvalue weighted by Crippen LogP contribution is -2.35. The summed E-state index contributed by atoms with van der Waals surface area (Å²) in [7, 11) is -3.58. The van der Waals surface area contributed by atoms with Crippen LogP contribution in [0.1, 0.15) is 35.6 Å². The summed E-state index contributed by atoms with van der Waals surface area (Å²) >= 11 is 3.71. The zero-order chi connectivity index (χ0) is 21.3. The number of anilines is 1. The molecule has 2 aliphatic carbocycles. The van der Waals surface area contributed by atoms with E-state index in [1.54, 1.807) is 6.92 Å². The molecule has 1 unspecified atom stereocenters. The highest BCUT2D eigenvalue weighted by molar-refractivity contribution is 9.10. The number of halogens is 1. The number of fused-ring (bicyclic) bond motifs is 3. The van der Waals surface area contributed by atoms with Gasteiger partial charge in [0.25, 0.3) is 0 Å². The number of nitrogens with zero attached hydrogens (tertiary/aromatic N) is 3. The summed E-state index contributed by atoms with van der Waals surface area (Å²) in [5.74, 6) is 0.171. The van der Waals surface area contributed by atoms with Crippen LogP contribution >= 0.6 is 15.9 Å². The Morgan fingerprint density at radius 1 is 1.37 bits per heavy atom. The van der Waals surface area contributed by atoms with Gasteiger partial charge in [-0.2, -0.15) is 5.10 Å². The average molecular weight is 496 g/mol. The van der Waals surface area contributed by atoms with E-state index in [0.29, 0.717) is 0 Å². The number of carbonyl (C=O) groups is 1. The molecular formula is C19H22BrN5O4S. The van der Waals surface area contributed by atoms with Crippen LogP contribution in [0.2, 0.25) is 0 Å². The molecule has 0 fully saturated rings. The first-order valence-corrected chi connectivity index (χ1v) is 12.2. The highest BCUT2D eigenvalue weighted by Gasteiger charge is 2.39. The number of hydrogen-bond donors (Lipinski definition) is 3. The van der Waals surface area contributed by atoms with Crippen molar-refractivity contribution in [1.82, 2.24) is 9.78 Å². The molecule has 0 radical (unpaired) electrons. The lowest BCUT2D eigenvalue weighted by Gasteiger charge is -2.27. The summed E-state index contributed by atoms with van der Waals surface area (Å²) in [6.45, 7) is 1.76. The lowest BCUT2D eigenvalue weighted by molar-refractivity contribution is 0.0399. The summed E-state index contributed by atoms with van der Waals surface area (Å²) in [6, 6.07) is -0.754. The second kappa shape index (κ2) is 6.78. The molecule has 0 saturated heterocycles. The molecule has 4 N–H and O–H groups in total. The smallest absolute Gasteiger partial charge is 0.354 e. The molecule has 30 heavy (non-hydrogen) atoms. The van der Waals surface area contributed by atoms with Crippen LogP contribution < -0.4 is 15.2 Å². The summed E-state index contributed by atoms with van der Waals surface area (Å²) < 4.78 is 25.2. The molecule has 2 amide bonds. The Labute approximate surface area is 182 Å². The molecule has 9 nitrogen and oxygen atoms in total. The largest absolute Gasteiger partial charge is 0.466 e. The summed E-state index contributed by atoms with van der Waals surface area (Å²) in [6.07, 6.45) is 6.06. The number of ether oxygens (including phenoxy) is 1. The number of aliphatic hydroxyl groups excluding tert-OH is 1. The van der Waals surface area contributed by atoms with E-state index in [4.69, 9.17) is 9.88 Å². The van der Waals surface area contributed by atoms with Gasteiger partial charge in [-0.05, 0) is 61.3 Å². The topological polar surface area (TPSA) is 132 Å². The van der Waals surface area contributed by atoms with Crippen LogP contribution in [0.4, 0.5) is 10.5 Å². The Morgan fingerprint density at radius 3 is 2.73 bits per heavy atom. The van der Waals surface area contributed by atoms with Crippen molar-refractivity contribution >= 4 is 37.6 Å². The second-order valence-electron chi connectivity index (χ2n) is 8.23.